The maximum atomic E-state index is 12.4. The van der Waals surface area contributed by atoms with E-state index < -0.39 is 18.4 Å². The van der Waals surface area contributed by atoms with Gasteiger partial charge < -0.3 is 15.4 Å². The van der Waals surface area contributed by atoms with Crippen molar-refractivity contribution in [2.75, 3.05) is 11.9 Å². The largest absolute Gasteiger partial charge is 0.434 e. The molecule has 0 heterocycles. The Hall–Kier alpha value is -2.67. The first-order valence-electron chi connectivity index (χ1n) is 7.25. The smallest absolute Gasteiger partial charge is 0.387 e. The predicted molar refractivity (Wildman–Crippen MR) is 90.2 cm³/mol. The third-order valence-electron chi connectivity index (χ3n) is 3.22. The van der Waals surface area contributed by atoms with Crippen LogP contribution < -0.4 is 15.4 Å². The number of hydrogen-bond acceptors (Lipinski definition) is 3. The number of hydrogen-bond donors (Lipinski definition) is 2. The minimum Gasteiger partial charge on any atom is -0.434 e. The van der Waals surface area contributed by atoms with Gasteiger partial charge in [-0.25, -0.2) is 0 Å². The normalized spacial score (nSPS) is 10.4. The highest BCUT2D eigenvalue weighted by molar-refractivity contribution is 6.30. The molecule has 2 aromatic carbocycles. The zero-order chi connectivity index (χ0) is 18.4. The van der Waals surface area contributed by atoms with Crippen LogP contribution in [0.3, 0.4) is 0 Å². The van der Waals surface area contributed by atoms with Crippen LogP contribution in [-0.4, -0.2) is 25.0 Å². The fourth-order valence-corrected chi connectivity index (χ4v) is 2.30. The van der Waals surface area contributed by atoms with Crippen LogP contribution in [0.25, 0.3) is 0 Å². The van der Waals surface area contributed by atoms with Gasteiger partial charge in [0.05, 0.1) is 12.1 Å². The highest BCUT2D eigenvalue weighted by atomic mass is 35.5. The molecule has 0 aliphatic rings. The number of halogens is 3. The van der Waals surface area contributed by atoms with Gasteiger partial charge in [0, 0.05) is 10.7 Å². The van der Waals surface area contributed by atoms with Gasteiger partial charge in [-0.3, -0.25) is 9.59 Å². The van der Waals surface area contributed by atoms with Crippen molar-refractivity contribution in [1.29, 1.82) is 0 Å². The van der Waals surface area contributed by atoms with Gasteiger partial charge in [0.1, 0.15) is 5.75 Å². The van der Waals surface area contributed by atoms with E-state index in [0.717, 1.165) is 5.56 Å². The molecule has 0 fully saturated rings. The second kappa shape index (κ2) is 8.43. The summed E-state index contributed by atoms with van der Waals surface area (Å²) >= 11 is 5.84. The average molecular weight is 369 g/mol. The van der Waals surface area contributed by atoms with E-state index in [9.17, 15) is 18.4 Å². The molecule has 132 valence electrons. The van der Waals surface area contributed by atoms with Crippen LogP contribution in [0.1, 0.15) is 15.9 Å². The van der Waals surface area contributed by atoms with Crippen molar-refractivity contribution in [3.05, 3.63) is 58.6 Å². The number of aryl methyl sites for hydroxylation is 1. The molecule has 0 aromatic heterocycles. The summed E-state index contributed by atoms with van der Waals surface area (Å²) in [7, 11) is 0. The monoisotopic (exact) mass is 368 g/mol. The van der Waals surface area contributed by atoms with E-state index in [0.29, 0.717) is 10.7 Å². The number of alkyl halides is 2. The molecule has 0 radical (unpaired) electrons. The van der Waals surface area contributed by atoms with Crippen molar-refractivity contribution in [3.8, 4) is 5.75 Å². The molecule has 0 unspecified atom stereocenters. The Morgan fingerprint density at radius 3 is 2.60 bits per heavy atom. The van der Waals surface area contributed by atoms with E-state index in [1.165, 1.54) is 24.3 Å². The summed E-state index contributed by atoms with van der Waals surface area (Å²) in [6, 6.07) is 10.5. The zero-order valence-corrected chi connectivity index (χ0v) is 13.9. The molecule has 0 bridgehead atoms. The molecule has 8 heteroatoms. The summed E-state index contributed by atoms with van der Waals surface area (Å²) in [6.07, 6.45) is 0. The first-order valence-corrected chi connectivity index (χ1v) is 7.62. The number of benzene rings is 2. The highest BCUT2D eigenvalue weighted by Gasteiger charge is 2.16. The zero-order valence-electron chi connectivity index (χ0n) is 13.2. The quantitative estimate of drug-likeness (QED) is 0.818. The topological polar surface area (TPSA) is 67.4 Å². The molecule has 2 amide bonds. The minimum absolute atomic E-state index is 0.0849. The Morgan fingerprint density at radius 2 is 1.92 bits per heavy atom. The van der Waals surface area contributed by atoms with Gasteiger partial charge in [-0.1, -0.05) is 23.7 Å². The number of nitrogens with one attached hydrogen (secondary N) is 2. The second-order valence-corrected chi connectivity index (χ2v) is 5.50. The molecule has 25 heavy (non-hydrogen) atoms. The van der Waals surface area contributed by atoms with Crippen LogP contribution in [-0.2, 0) is 4.79 Å². The summed E-state index contributed by atoms with van der Waals surface area (Å²) in [4.78, 5) is 24.0. The SMILES string of the molecule is Cc1cc(Cl)ccc1NC(=O)CNC(=O)c1ccccc1OC(F)F. The van der Waals surface area contributed by atoms with Crippen molar-refractivity contribution >= 4 is 29.1 Å². The van der Waals surface area contributed by atoms with E-state index in [1.54, 1.807) is 25.1 Å². The number of carbonyl (C=O) groups excluding carboxylic acids is 2. The molecular weight excluding hydrogens is 354 g/mol. The van der Waals surface area contributed by atoms with Crippen molar-refractivity contribution in [1.82, 2.24) is 5.32 Å². The van der Waals surface area contributed by atoms with E-state index in [4.69, 9.17) is 11.6 Å². The fourth-order valence-electron chi connectivity index (χ4n) is 2.07. The van der Waals surface area contributed by atoms with E-state index in [1.807, 2.05) is 0 Å². The van der Waals surface area contributed by atoms with Gasteiger partial charge in [-0.05, 0) is 42.8 Å². The molecule has 0 saturated heterocycles. The summed E-state index contributed by atoms with van der Waals surface area (Å²) in [5.74, 6) is -1.42. The fraction of sp³-hybridized carbons (Fsp3) is 0.176. The molecule has 2 aromatic rings. The van der Waals surface area contributed by atoms with Gasteiger partial charge in [0.2, 0.25) is 5.91 Å². The molecule has 0 aliphatic carbocycles. The predicted octanol–water partition coefficient (Wildman–Crippen LogP) is 3.62. The van der Waals surface area contributed by atoms with Crippen molar-refractivity contribution in [3.63, 3.8) is 0 Å². The molecule has 0 saturated carbocycles. The van der Waals surface area contributed by atoms with E-state index in [-0.39, 0.29) is 17.9 Å². The lowest BCUT2D eigenvalue weighted by molar-refractivity contribution is -0.115. The minimum atomic E-state index is -3.05. The van der Waals surface area contributed by atoms with Gasteiger partial charge in [-0.2, -0.15) is 8.78 Å². The lowest BCUT2D eigenvalue weighted by Gasteiger charge is -2.12. The molecule has 5 nitrogen and oxygen atoms in total. The van der Waals surface area contributed by atoms with Crippen molar-refractivity contribution in [2.24, 2.45) is 0 Å². The molecular formula is C17H15ClF2N2O3. The van der Waals surface area contributed by atoms with Gasteiger partial charge in [0.25, 0.3) is 5.91 Å². The lowest BCUT2D eigenvalue weighted by Crippen LogP contribution is -2.33. The van der Waals surface area contributed by atoms with Crippen LogP contribution in [0.4, 0.5) is 14.5 Å². The van der Waals surface area contributed by atoms with Crippen LogP contribution >= 0.6 is 11.6 Å². The standard InChI is InChI=1S/C17H15ClF2N2O3/c1-10-8-11(18)6-7-13(10)22-15(23)9-21-16(24)12-4-2-3-5-14(12)25-17(19)20/h2-8,17H,9H2,1H3,(H,21,24)(H,22,23). The number of amides is 2. The maximum Gasteiger partial charge on any atom is 0.387 e. The van der Waals surface area contributed by atoms with Crippen LogP contribution in [0.5, 0.6) is 5.75 Å². The van der Waals surface area contributed by atoms with Gasteiger partial charge in [0.15, 0.2) is 0 Å². The number of ether oxygens (including phenoxy) is 1. The Morgan fingerprint density at radius 1 is 1.20 bits per heavy atom. The molecule has 0 atom stereocenters. The third-order valence-corrected chi connectivity index (χ3v) is 3.45. The highest BCUT2D eigenvalue weighted by Crippen LogP contribution is 2.21. The number of anilines is 1. The van der Waals surface area contributed by atoms with Crippen LogP contribution in [0.2, 0.25) is 5.02 Å². The Balaban J connectivity index is 1.97. The number of para-hydroxylation sites is 1. The summed E-state index contributed by atoms with van der Waals surface area (Å²) in [6.45, 7) is -1.60. The van der Waals surface area contributed by atoms with Crippen LogP contribution in [0.15, 0.2) is 42.5 Å². The molecule has 0 aliphatic heterocycles. The Bertz CT molecular complexity index is 784. The summed E-state index contributed by atoms with van der Waals surface area (Å²) in [5.41, 5.74) is 1.24. The molecule has 0 spiro atoms. The number of carbonyl (C=O) groups is 2. The van der Waals surface area contributed by atoms with E-state index >= 15 is 0 Å². The lowest BCUT2D eigenvalue weighted by atomic mass is 10.2. The van der Waals surface area contributed by atoms with Crippen LogP contribution in [0, 0.1) is 6.92 Å². The average Bonchev–Trinajstić information content (AvgIpc) is 2.55. The first kappa shape index (κ1) is 18.7. The Kier molecular flexibility index (Phi) is 6.30. The Labute approximate surface area is 147 Å². The number of rotatable bonds is 6. The first-order chi connectivity index (χ1) is 11.9. The van der Waals surface area contributed by atoms with E-state index in [2.05, 4.69) is 15.4 Å². The maximum absolute atomic E-state index is 12.4. The van der Waals surface area contributed by atoms with Gasteiger partial charge >= 0.3 is 6.61 Å². The van der Waals surface area contributed by atoms with Crippen molar-refractivity contribution < 1.29 is 23.1 Å². The summed E-state index contributed by atoms with van der Waals surface area (Å²) in [5, 5.41) is 5.53. The van der Waals surface area contributed by atoms with Crippen molar-refractivity contribution in [2.45, 2.75) is 13.5 Å². The second-order valence-electron chi connectivity index (χ2n) is 5.06. The molecule has 2 rings (SSSR count). The third kappa shape index (κ3) is 5.42. The summed E-state index contributed by atoms with van der Waals surface area (Å²) < 4.78 is 29.0. The molecule has 2 N–H and O–H groups in total. The van der Waals surface area contributed by atoms with Gasteiger partial charge in [-0.15, -0.1) is 0 Å².